The van der Waals surface area contributed by atoms with Crippen LogP contribution < -0.4 is 10.6 Å². The van der Waals surface area contributed by atoms with Crippen LogP contribution in [0.25, 0.3) is 10.9 Å². The summed E-state index contributed by atoms with van der Waals surface area (Å²) >= 11 is 0. The fourth-order valence-electron chi connectivity index (χ4n) is 3.75. The zero-order chi connectivity index (χ0) is 13.5. The summed E-state index contributed by atoms with van der Waals surface area (Å²) in [5.74, 6) is 2.88. The van der Waals surface area contributed by atoms with E-state index in [2.05, 4.69) is 28.1 Å². The minimum absolute atomic E-state index is 0.601. The largest absolute Gasteiger partial charge is 0.353 e. The Labute approximate surface area is 119 Å². The maximum absolute atomic E-state index is 5.68. The van der Waals surface area contributed by atoms with Gasteiger partial charge in [-0.25, -0.2) is 9.97 Å². The normalized spacial score (nSPS) is 24.8. The highest BCUT2D eigenvalue weighted by molar-refractivity contribution is 5.89. The van der Waals surface area contributed by atoms with Crippen molar-refractivity contribution in [1.29, 1.82) is 0 Å². The molecule has 2 aromatic rings. The molecule has 1 aromatic heterocycles. The maximum Gasteiger partial charge on any atom is 0.140 e. The van der Waals surface area contributed by atoms with Crippen LogP contribution >= 0.6 is 0 Å². The first-order chi connectivity index (χ1) is 9.85. The third-order valence-corrected chi connectivity index (χ3v) is 4.68. The van der Waals surface area contributed by atoms with E-state index in [-0.39, 0.29) is 0 Å². The molecule has 4 heteroatoms. The van der Waals surface area contributed by atoms with Crippen LogP contribution in [0.3, 0.4) is 0 Å². The summed E-state index contributed by atoms with van der Waals surface area (Å²) in [5.41, 5.74) is 6.72. The van der Waals surface area contributed by atoms with Crippen molar-refractivity contribution in [2.24, 2.45) is 11.7 Å². The highest BCUT2D eigenvalue weighted by Gasteiger charge is 2.39. The summed E-state index contributed by atoms with van der Waals surface area (Å²) < 4.78 is 0. The molecule has 1 saturated carbocycles. The molecule has 20 heavy (non-hydrogen) atoms. The summed E-state index contributed by atoms with van der Waals surface area (Å²) in [6.07, 6.45) is 4.79. The van der Waals surface area contributed by atoms with E-state index < -0.39 is 0 Å². The first-order valence-corrected chi connectivity index (χ1v) is 7.57. The Morgan fingerprint density at radius 2 is 2.10 bits per heavy atom. The van der Waals surface area contributed by atoms with E-state index in [1.807, 2.05) is 6.07 Å². The maximum atomic E-state index is 5.68. The van der Waals surface area contributed by atoms with Crippen LogP contribution in [0.15, 0.2) is 24.3 Å². The van der Waals surface area contributed by atoms with Gasteiger partial charge in [0.2, 0.25) is 0 Å². The van der Waals surface area contributed by atoms with Gasteiger partial charge in [0.25, 0.3) is 0 Å². The molecule has 4 rings (SSSR count). The Balaban J connectivity index is 1.84. The van der Waals surface area contributed by atoms with Crippen LogP contribution in [0.4, 0.5) is 5.82 Å². The van der Waals surface area contributed by atoms with E-state index in [4.69, 9.17) is 10.7 Å². The molecule has 0 amide bonds. The number of nitrogens with zero attached hydrogens (tertiary/aromatic N) is 3. The van der Waals surface area contributed by atoms with Crippen molar-refractivity contribution < 1.29 is 0 Å². The number of rotatable bonds is 3. The van der Waals surface area contributed by atoms with Gasteiger partial charge < -0.3 is 10.6 Å². The van der Waals surface area contributed by atoms with Crippen molar-refractivity contribution in [3.8, 4) is 0 Å². The highest BCUT2D eigenvalue weighted by atomic mass is 15.3. The van der Waals surface area contributed by atoms with Gasteiger partial charge in [-0.2, -0.15) is 0 Å². The van der Waals surface area contributed by atoms with Crippen LogP contribution in [0.5, 0.6) is 0 Å². The van der Waals surface area contributed by atoms with Crippen molar-refractivity contribution in [2.45, 2.75) is 31.7 Å². The van der Waals surface area contributed by atoms with Crippen LogP contribution in [0, 0.1) is 5.92 Å². The van der Waals surface area contributed by atoms with E-state index in [0.717, 1.165) is 36.0 Å². The van der Waals surface area contributed by atoms with Gasteiger partial charge in [-0.1, -0.05) is 12.1 Å². The highest BCUT2D eigenvalue weighted by Crippen LogP contribution is 2.41. The molecule has 4 nitrogen and oxygen atoms in total. The van der Waals surface area contributed by atoms with E-state index in [1.165, 1.54) is 24.6 Å². The van der Waals surface area contributed by atoms with Gasteiger partial charge in [-0.15, -0.1) is 0 Å². The van der Waals surface area contributed by atoms with Crippen molar-refractivity contribution >= 4 is 16.7 Å². The molecule has 0 unspecified atom stereocenters. The van der Waals surface area contributed by atoms with Gasteiger partial charge in [-0.3, -0.25) is 0 Å². The minimum Gasteiger partial charge on any atom is -0.353 e. The van der Waals surface area contributed by atoms with Crippen LogP contribution in [-0.2, 0) is 6.42 Å². The van der Waals surface area contributed by atoms with E-state index >= 15 is 0 Å². The Kier molecular flexibility index (Phi) is 2.84. The number of fused-ring (bicyclic) bond motifs is 3. The number of para-hydroxylation sites is 1. The molecule has 2 bridgehead atoms. The SMILES string of the molecule is NCCc1nc(N2C[C@H]3CC[C@H]2C3)c2ccccc2n1. The Hall–Kier alpha value is -1.68. The number of hydrogen-bond donors (Lipinski definition) is 1. The minimum atomic E-state index is 0.601. The topological polar surface area (TPSA) is 55.0 Å². The lowest BCUT2D eigenvalue weighted by atomic mass is 10.1. The molecule has 1 saturated heterocycles. The van der Waals surface area contributed by atoms with E-state index in [9.17, 15) is 0 Å². The van der Waals surface area contributed by atoms with Crippen molar-refractivity contribution in [2.75, 3.05) is 18.0 Å². The van der Waals surface area contributed by atoms with E-state index in [1.54, 1.807) is 0 Å². The molecule has 2 aliphatic rings. The third kappa shape index (κ3) is 1.86. The summed E-state index contributed by atoms with van der Waals surface area (Å²) in [4.78, 5) is 12.0. The fraction of sp³-hybridized carbons (Fsp3) is 0.500. The lowest BCUT2D eigenvalue weighted by Crippen LogP contribution is -2.33. The number of aromatic nitrogens is 2. The second kappa shape index (κ2) is 4.70. The molecular weight excluding hydrogens is 248 g/mol. The number of nitrogens with two attached hydrogens (primary N) is 1. The third-order valence-electron chi connectivity index (χ3n) is 4.68. The standard InChI is InChI=1S/C16H20N4/c17-8-7-15-18-14-4-2-1-3-13(14)16(19-15)20-10-11-5-6-12(20)9-11/h1-4,11-12H,5-10,17H2/t11-,12-/m0/s1. The lowest BCUT2D eigenvalue weighted by Gasteiger charge is -2.29. The molecule has 2 N–H and O–H groups in total. The molecule has 104 valence electrons. The van der Waals surface area contributed by atoms with E-state index in [0.29, 0.717) is 12.6 Å². The molecule has 2 atom stereocenters. The summed E-state index contributed by atoms with van der Waals surface area (Å²) in [6, 6.07) is 9.02. The number of anilines is 1. The van der Waals surface area contributed by atoms with Gasteiger partial charge in [0.15, 0.2) is 0 Å². The Morgan fingerprint density at radius 1 is 1.20 bits per heavy atom. The fourth-order valence-corrected chi connectivity index (χ4v) is 3.75. The van der Waals surface area contributed by atoms with Crippen molar-refractivity contribution in [3.05, 3.63) is 30.1 Å². The molecule has 1 aliphatic carbocycles. The lowest BCUT2D eigenvalue weighted by molar-refractivity contribution is 0.550. The van der Waals surface area contributed by atoms with Crippen LogP contribution in [0.2, 0.25) is 0 Å². The molecule has 0 spiro atoms. The van der Waals surface area contributed by atoms with Crippen LogP contribution in [0.1, 0.15) is 25.1 Å². The predicted octanol–water partition coefficient (Wildman–Crippen LogP) is 2.12. The van der Waals surface area contributed by atoms with Crippen molar-refractivity contribution in [1.82, 2.24) is 9.97 Å². The Bertz CT molecular complexity index is 639. The summed E-state index contributed by atoms with van der Waals surface area (Å²) in [7, 11) is 0. The summed E-state index contributed by atoms with van der Waals surface area (Å²) in [6.45, 7) is 1.76. The number of benzene rings is 1. The Morgan fingerprint density at radius 3 is 2.85 bits per heavy atom. The quantitative estimate of drug-likeness (QED) is 0.926. The number of hydrogen-bond acceptors (Lipinski definition) is 4. The molecule has 1 aliphatic heterocycles. The zero-order valence-electron chi connectivity index (χ0n) is 11.6. The van der Waals surface area contributed by atoms with Gasteiger partial charge in [0.05, 0.1) is 5.52 Å². The number of piperidine rings is 1. The van der Waals surface area contributed by atoms with Gasteiger partial charge in [-0.05, 0) is 43.9 Å². The van der Waals surface area contributed by atoms with Gasteiger partial charge in [0.1, 0.15) is 11.6 Å². The van der Waals surface area contributed by atoms with Crippen molar-refractivity contribution in [3.63, 3.8) is 0 Å². The van der Waals surface area contributed by atoms with Gasteiger partial charge >= 0.3 is 0 Å². The molecule has 2 heterocycles. The molecule has 1 aromatic carbocycles. The van der Waals surface area contributed by atoms with Gasteiger partial charge in [0, 0.05) is 24.4 Å². The zero-order valence-corrected chi connectivity index (χ0v) is 11.6. The first-order valence-electron chi connectivity index (χ1n) is 7.57. The second-order valence-corrected chi connectivity index (χ2v) is 6.00. The molecule has 0 radical (unpaired) electrons. The monoisotopic (exact) mass is 268 g/mol. The average molecular weight is 268 g/mol. The molecular formula is C16H20N4. The predicted molar refractivity (Wildman–Crippen MR) is 80.8 cm³/mol. The second-order valence-electron chi connectivity index (χ2n) is 6.00. The van der Waals surface area contributed by atoms with Crippen LogP contribution in [-0.4, -0.2) is 29.1 Å². The average Bonchev–Trinajstić information content (AvgIpc) is 3.09. The summed E-state index contributed by atoms with van der Waals surface area (Å²) in [5, 5.41) is 1.18. The first kappa shape index (κ1) is 12.1. The smallest absolute Gasteiger partial charge is 0.140 e. The molecule has 2 fully saturated rings.